The number of aromatic nitrogens is 1. The van der Waals surface area contributed by atoms with E-state index in [2.05, 4.69) is 29.4 Å². The van der Waals surface area contributed by atoms with Gasteiger partial charge in [0.15, 0.2) is 0 Å². The van der Waals surface area contributed by atoms with Gasteiger partial charge in [-0.05, 0) is 29.7 Å². The lowest BCUT2D eigenvalue weighted by molar-refractivity contribution is 0.584. The highest BCUT2D eigenvalue weighted by atomic mass is 19.1. The molecule has 0 unspecified atom stereocenters. The Morgan fingerprint density at radius 1 is 1.12 bits per heavy atom. The first-order valence-electron chi connectivity index (χ1n) is 5.72. The van der Waals surface area contributed by atoms with Crippen LogP contribution in [0.2, 0.25) is 0 Å². The summed E-state index contributed by atoms with van der Waals surface area (Å²) in [5.41, 5.74) is 3.42. The van der Waals surface area contributed by atoms with Crippen molar-refractivity contribution in [3.05, 3.63) is 59.7 Å². The van der Waals surface area contributed by atoms with E-state index in [-0.39, 0.29) is 0 Å². The minimum atomic E-state index is -0.454. The molecule has 2 nitrogen and oxygen atoms in total. The van der Waals surface area contributed by atoms with Gasteiger partial charge in [0.05, 0.1) is 11.9 Å². The van der Waals surface area contributed by atoms with E-state index < -0.39 is 5.95 Å². The number of anilines is 1. The third kappa shape index (κ3) is 3.03. The highest BCUT2D eigenvalue weighted by molar-refractivity contribution is 5.41. The summed E-state index contributed by atoms with van der Waals surface area (Å²) in [6.45, 7) is 2.87. The zero-order valence-electron chi connectivity index (χ0n) is 9.78. The number of hydrogen-bond acceptors (Lipinski definition) is 2. The number of aryl methyl sites for hydroxylation is 1. The van der Waals surface area contributed by atoms with Gasteiger partial charge in [-0.1, -0.05) is 31.2 Å². The van der Waals surface area contributed by atoms with Crippen molar-refractivity contribution in [3.8, 4) is 0 Å². The van der Waals surface area contributed by atoms with Crippen molar-refractivity contribution in [2.75, 3.05) is 5.32 Å². The summed E-state index contributed by atoms with van der Waals surface area (Å²) in [7, 11) is 0. The van der Waals surface area contributed by atoms with Crippen LogP contribution < -0.4 is 5.32 Å². The Morgan fingerprint density at radius 3 is 2.53 bits per heavy atom. The standard InChI is InChI=1S/C14H15FN2/c1-2-11-5-3-4-6-12(11)9-16-13-7-8-14(15)17-10-13/h3-8,10,16H,2,9H2,1H3. The quantitative estimate of drug-likeness (QED) is 0.814. The van der Waals surface area contributed by atoms with Crippen LogP contribution in [0.25, 0.3) is 0 Å². The van der Waals surface area contributed by atoms with E-state index in [9.17, 15) is 4.39 Å². The Hall–Kier alpha value is -1.90. The molecular weight excluding hydrogens is 215 g/mol. The second kappa shape index (κ2) is 5.43. The minimum Gasteiger partial charge on any atom is -0.380 e. The molecule has 0 atom stereocenters. The molecule has 2 aromatic rings. The van der Waals surface area contributed by atoms with Crippen LogP contribution >= 0.6 is 0 Å². The Balaban J connectivity index is 2.04. The molecule has 0 saturated carbocycles. The van der Waals surface area contributed by atoms with Crippen LogP contribution in [0.4, 0.5) is 10.1 Å². The van der Waals surface area contributed by atoms with E-state index in [0.29, 0.717) is 0 Å². The van der Waals surface area contributed by atoms with Crippen molar-refractivity contribution in [1.29, 1.82) is 0 Å². The van der Waals surface area contributed by atoms with Crippen LogP contribution in [-0.2, 0) is 13.0 Å². The number of benzene rings is 1. The van der Waals surface area contributed by atoms with Gasteiger partial charge in [0.2, 0.25) is 5.95 Å². The molecule has 3 heteroatoms. The zero-order valence-corrected chi connectivity index (χ0v) is 9.78. The normalized spacial score (nSPS) is 10.2. The van der Waals surface area contributed by atoms with Gasteiger partial charge < -0.3 is 5.32 Å². The van der Waals surface area contributed by atoms with Gasteiger partial charge in [0, 0.05) is 6.54 Å². The summed E-state index contributed by atoms with van der Waals surface area (Å²) in [5, 5.41) is 3.23. The van der Waals surface area contributed by atoms with Gasteiger partial charge in [0.25, 0.3) is 0 Å². The smallest absolute Gasteiger partial charge is 0.212 e. The summed E-state index contributed by atoms with van der Waals surface area (Å²) in [4.78, 5) is 3.60. The van der Waals surface area contributed by atoms with Gasteiger partial charge in [-0.2, -0.15) is 4.39 Å². The number of pyridine rings is 1. The zero-order chi connectivity index (χ0) is 12.1. The molecule has 0 amide bonds. The predicted molar refractivity (Wildman–Crippen MR) is 67.3 cm³/mol. The van der Waals surface area contributed by atoms with Crippen LogP contribution in [0.5, 0.6) is 0 Å². The first-order chi connectivity index (χ1) is 8.29. The molecule has 1 aromatic carbocycles. The van der Waals surface area contributed by atoms with Gasteiger partial charge >= 0.3 is 0 Å². The fourth-order valence-corrected chi connectivity index (χ4v) is 1.75. The molecule has 1 N–H and O–H groups in total. The molecule has 1 heterocycles. The molecule has 1 aromatic heterocycles. The fourth-order valence-electron chi connectivity index (χ4n) is 1.75. The van der Waals surface area contributed by atoms with Gasteiger partial charge in [-0.15, -0.1) is 0 Å². The van der Waals surface area contributed by atoms with E-state index in [1.165, 1.54) is 23.4 Å². The molecule has 88 valence electrons. The number of rotatable bonds is 4. The lowest BCUT2D eigenvalue weighted by atomic mass is 10.1. The molecule has 0 bridgehead atoms. The fraction of sp³-hybridized carbons (Fsp3) is 0.214. The predicted octanol–water partition coefficient (Wildman–Crippen LogP) is 3.40. The minimum absolute atomic E-state index is 0.454. The summed E-state index contributed by atoms with van der Waals surface area (Å²) >= 11 is 0. The third-order valence-electron chi connectivity index (χ3n) is 2.71. The van der Waals surface area contributed by atoms with Crippen LogP contribution in [0, 0.1) is 5.95 Å². The highest BCUT2D eigenvalue weighted by Gasteiger charge is 2.00. The summed E-state index contributed by atoms with van der Waals surface area (Å²) in [6.07, 6.45) is 2.52. The molecule has 0 radical (unpaired) electrons. The van der Waals surface area contributed by atoms with Crippen LogP contribution in [0.3, 0.4) is 0 Å². The van der Waals surface area contributed by atoms with Gasteiger partial charge in [-0.25, -0.2) is 4.98 Å². The topological polar surface area (TPSA) is 24.9 Å². The van der Waals surface area contributed by atoms with E-state index in [4.69, 9.17) is 0 Å². The Kier molecular flexibility index (Phi) is 3.70. The number of nitrogens with one attached hydrogen (secondary N) is 1. The lowest BCUT2D eigenvalue weighted by Crippen LogP contribution is -2.02. The SMILES string of the molecule is CCc1ccccc1CNc1ccc(F)nc1. The lowest BCUT2D eigenvalue weighted by Gasteiger charge is -2.09. The molecule has 17 heavy (non-hydrogen) atoms. The first-order valence-corrected chi connectivity index (χ1v) is 5.72. The van der Waals surface area contributed by atoms with Gasteiger partial charge in [-0.3, -0.25) is 0 Å². The molecule has 0 aliphatic carbocycles. The van der Waals surface area contributed by atoms with E-state index in [1.54, 1.807) is 6.07 Å². The molecule has 0 aliphatic rings. The molecule has 0 fully saturated rings. The second-order valence-electron chi connectivity index (χ2n) is 3.85. The molecule has 0 spiro atoms. The summed E-state index contributed by atoms with van der Waals surface area (Å²) in [5.74, 6) is -0.454. The first kappa shape index (κ1) is 11.6. The van der Waals surface area contributed by atoms with Crippen LogP contribution in [-0.4, -0.2) is 4.98 Å². The molecule has 0 saturated heterocycles. The Morgan fingerprint density at radius 2 is 1.88 bits per heavy atom. The van der Waals surface area contributed by atoms with Crippen LogP contribution in [0.15, 0.2) is 42.6 Å². The molecule has 2 rings (SSSR count). The van der Waals surface area contributed by atoms with Crippen molar-refractivity contribution >= 4 is 5.69 Å². The van der Waals surface area contributed by atoms with Crippen molar-refractivity contribution in [2.45, 2.75) is 19.9 Å². The summed E-state index contributed by atoms with van der Waals surface area (Å²) in [6, 6.07) is 11.3. The number of hydrogen-bond donors (Lipinski definition) is 1. The number of nitrogens with zero attached hydrogens (tertiary/aromatic N) is 1. The Labute approximate surface area is 101 Å². The maximum atomic E-state index is 12.6. The van der Waals surface area contributed by atoms with Crippen molar-refractivity contribution in [3.63, 3.8) is 0 Å². The average molecular weight is 230 g/mol. The Bertz CT molecular complexity index is 480. The maximum Gasteiger partial charge on any atom is 0.212 e. The van der Waals surface area contributed by atoms with Crippen molar-refractivity contribution < 1.29 is 4.39 Å². The monoisotopic (exact) mass is 230 g/mol. The molecule has 0 aliphatic heterocycles. The van der Waals surface area contributed by atoms with E-state index >= 15 is 0 Å². The van der Waals surface area contributed by atoms with Crippen molar-refractivity contribution in [1.82, 2.24) is 4.98 Å². The van der Waals surface area contributed by atoms with E-state index in [1.807, 2.05) is 12.1 Å². The summed E-state index contributed by atoms with van der Waals surface area (Å²) < 4.78 is 12.6. The largest absolute Gasteiger partial charge is 0.380 e. The molecular formula is C14H15FN2. The van der Waals surface area contributed by atoms with Crippen LogP contribution in [0.1, 0.15) is 18.1 Å². The second-order valence-corrected chi connectivity index (χ2v) is 3.85. The average Bonchev–Trinajstić information content (AvgIpc) is 2.38. The third-order valence-corrected chi connectivity index (χ3v) is 2.71. The van der Waals surface area contributed by atoms with Crippen molar-refractivity contribution in [2.24, 2.45) is 0 Å². The number of halogens is 1. The highest BCUT2D eigenvalue weighted by Crippen LogP contribution is 2.12. The van der Waals surface area contributed by atoms with E-state index in [0.717, 1.165) is 18.7 Å². The maximum absolute atomic E-state index is 12.6. The van der Waals surface area contributed by atoms with Gasteiger partial charge in [0.1, 0.15) is 0 Å².